The van der Waals surface area contributed by atoms with Crippen LogP contribution in [-0.2, 0) is 6.42 Å². The maximum Gasteiger partial charge on any atom is 0.129 e. The predicted molar refractivity (Wildman–Crippen MR) is 75.1 cm³/mol. The van der Waals surface area contributed by atoms with Gasteiger partial charge in [0.25, 0.3) is 0 Å². The van der Waals surface area contributed by atoms with Crippen molar-refractivity contribution in [1.29, 1.82) is 0 Å². The van der Waals surface area contributed by atoms with Gasteiger partial charge in [0.1, 0.15) is 11.6 Å². The first kappa shape index (κ1) is 14.6. The largest absolute Gasteiger partial charge is 0.207 e. The topological polar surface area (TPSA) is 0 Å². The number of rotatable bonds is 3. The number of hydrogen-bond acceptors (Lipinski definition) is 0. The zero-order valence-electron chi connectivity index (χ0n) is 9.64. The van der Waals surface area contributed by atoms with Crippen molar-refractivity contribution in [3.8, 4) is 0 Å². The fraction of sp³-hybridized carbons (Fsp3) is 0.143. The Morgan fingerprint density at radius 3 is 2.16 bits per heavy atom. The first-order valence-corrected chi connectivity index (χ1v) is 6.70. The van der Waals surface area contributed by atoms with Crippen molar-refractivity contribution in [2.24, 2.45) is 0 Å². The van der Waals surface area contributed by atoms with Crippen molar-refractivity contribution in [2.45, 2.75) is 11.8 Å². The Bertz CT molecular complexity index is 579. The molecule has 0 aliphatic carbocycles. The van der Waals surface area contributed by atoms with Crippen LogP contribution >= 0.6 is 34.8 Å². The molecule has 0 radical (unpaired) electrons. The molecule has 0 heterocycles. The summed E-state index contributed by atoms with van der Waals surface area (Å²) >= 11 is 17.9. The predicted octanol–water partition coefficient (Wildman–Crippen LogP) is 5.79. The third kappa shape index (κ3) is 3.38. The van der Waals surface area contributed by atoms with E-state index in [0.717, 1.165) is 0 Å². The standard InChI is InChI=1S/C14H9Cl3F2/c15-10-5-4-8(6-12(10)17)11(16)7-9-13(18)2-1-3-14(9)19/h1-6,11H,7H2. The van der Waals surface area contributed by atoms with Crippen molar-refractivity contribution in [2.75, 3.05) is 0 Å². The number of hydrogen-bond donors (Lipinski definition) is 0. The average molecular weight is 322 g/mol. The van der Waals surface area contributed by atoms with E-state index in [0.29, 0.717) is 15.6 Å². The number of alkyl halides is 1. The third-order valence-corrected chi connectivity index (χ3v) is 3.90. The van der Waals surface area contributed by atoms with E-state index >= 15 is 0 Å². The van der Waals surface area contributed by atoms with Crippen molar-refractivity contribution in [3.05, 3.63) is 69.2 Å². The highest BCUT2D eigenvalue weighted by atomic mass is 35.5. The minimum atomic E-state index is -0.606. The van der Waals surface area contributed by atoms with Crippen LogP contribution in [0, 0.1) is 11.6 Å². The quantitative estimate of drug-likeness (QED) is 0.627. The second kappa shape index (κ2) is 6.08. The molecule has 2 aromatic carbocycles. The Hall–Kier alpha value is -0.830. The van der Waals surface area contributed by atoms with Gasteiger partial charge in [0.05, 0.1) is 15.4 Å². The monoisotopic (exact) mass is 320 g/mol. The lowest BCUT2D eigenvalue weighted by Crippen LogP contribution is -2.01. The van der Waals surface area contributed by atoms with Crippen LogP contribution in [-0.4, -0.2) is 0 Å². The summed E-state index contributed by atoms with van der Waals surface area (Å²) < 4.78 is 27.0. The van der Waals surface area contributed by atoms with E-state index in [4.69, 9.17) is 34.8 Å². The Labute approximate surface area is 124 Å². The molecule has 0 bridgehead atoms. The van der Waals surface area contributed by atoms with Crippen LogP contribution in [0.5, 0.6) is 0 Å². The van der Waals surface area contributed by atoms with Gasteiger partial charge < -0.3 is 0 Å². The van der Waals surface area contributed by atoms with Gasteiger partial charge in [-0.15, -0.1) is 11.6 Å². The zero-order chi connectivity index (χ0) is 14.0. The first-order chi connectivity index (χ1) is 8.99. The van der Waals surface area contributed by atoms with Gasteiger partial charge in [-0.3, -0.25) is 0 Å². The summed E-state index contributed by atoms with van der Waals surface area (Å²) in [6.45, 7) is 0. The highest BCUT2D eigenvalue weighted by Gasteiger charge is 2.16. The molecule has 0 aliphatic rings. The minimum Gasteiger partial charge on any atom is -0.207 e. The SMILES string of the molecule is Fc1cccc(F)c1CC(Cl)c1ccc(Cl)c(Cl)c1. The zero-order valence-corrected chi connectivity index (χ0v) is 11.9. The molecule has 0 spiro atoms. The number of halogens is 5. The molecule has 0 N–H and O–H groups in total. The molecule has 0 aromatic heterocycles. The van der Waals surface area contributed by atoms with Gasteiger partial charge in [0, 0.05) is 5.56 Å². The van der Waals surface area contributed by atoms with Crippen molar-refractivity contribution in [3.63, 3.8) is 0 Å². The second-order valence-electron chi connectivity index (χ2n) is 4.05. The molecule has 0 fully saturated rings. The van der Waals surface area contributed by atoms with E-state index in [-0.39, 0.29) is 12.0 Å². The molecule has 0 aliphatic heterocycles. The van der Waals surface area contributed by atoms with Gasteiger partial charge in [-0.1, -0.05) is 35.3 Å². The van der Waals surface area contributed by atoms with Gasteiger partial charge in [0.2, 0.25) is 0 Å². The van der Waals surface area contributed by atoms with Crippen LogP contribution < -0.4 is 0 Å². The fourth-order valence-corrected chi connectivity index (χ4v) is 2.33. The van der Waals surface area contributed by atoms with E-state index < -0.39 is 17.0 Å². The lowest BCUT2D eigenvalue weighted by Gasteiger charge is -2.12. The van der Waals surface area contributed by atoms with Gasteiger partial charge in [0.15, 0.2) is 0 Å². The second-order valence-corrected chi connectivity index (χ2v) is 5.39. The molecular formula is C14H9Cl3F2. The minimum absolute atomic E-state index is 0.0337. The molecule has 2 rings (SSSR count). The molecule has 0 amide bonds. The van der Waals surface area contributed by atoms with Crippen molar-refractivity contribution < 1.29 is 8.78 Å². The Morgan fingerprint density at radius 2 is 1.58 bits per heavy atom. The molecule has 1 unspecified atom stereocenters. The molecule has 1 atom stereocenters. The molecule has 0 saturated carbocycles. The fourth-order valence-electron chi connectivity index (χ4n) is 1.73. The van der Waals surface area contributed by atoms with Gasteiger partial charge in [-0.25, -0.2) is 8.78 Å². The summed E-state index contributed by atoms with van der Waals surface area (Å²) in [7, 11) is 0. The van der Waals surface area contributed by atoms with Crippen LogP contribution in [0.1, 0.15) is 16.5 Å². The summed E-state index contributed by atoms with van der Waals surface area (Å²) in [4.78, 5) is 0. The summed E-state index contributed by atoms with van der Waals surface area (Å²) in [5.74, 6) is -1.21. The summed E-state index contributed by atoms with van der Waals surface area (Å²) in [5, 5.41) is 0.186. The molecule has 100 valence electrons. The summed E-state index contributed by atoms with van der Waals surface area (Å²) in [6.07, 6.45) is 0.0397. The molecular weight excluding hydrogens is 313 g/mol. The van der Waals surface area contributed by atoms with Crippen LogP contribution in [0.25, 0.3) is 0 Å². The molecule has 0 nitrogen and oxygen atoms in total. The van der Waals surface area contributed by atoms with E-state index in [1.165, 1.54) is 18.2 Å². The first-order valence-electron chi connectivity index (χ1n) is 5.51. The van der Waals surface area contributed by atoms with Crippen LogP contribution in [0.3, 0.4) is 0 Å². The third-order valence-electron chi connectivity index (χ3n) is 2.75. The van der Waals surface area contributed by atoms with E-state index in [9.17, 15) is 8.78 Å². The average Bonchev–Trinajstić information content (AvgIpc) is 2.37. The maximum atomic E-state index is 13.5. The van der Waals surface area contributed by atoms with Gasteiger partial charge in [-0.2, -0.15) is 0 Å². The molecule has 19 heavy (non-hydrogen) atoms. The van der Waals surface area contributed by atoms with Gasteiger partial charge in [-0.05, 0) is 36.2 Å². The summed E-state index contributed by atoms with van der Waals surface area (Å²) in [6, 6.07) is 8.61. The lowest BCUT2D eigenvalue weighted by molar-refractivity contribution is 0.553. The maximum absolute atomic E-state index is 13.5. The van der Waals surface area contributed by atoms with Crippen LogP contribution in [0.15, 0.2) is 36.4 Å². The Balaban J connectivity index is 2.25. The normalized spacial score (nSPS) is 12.5. The van der Waals surface area contributed by atoms with Crippen molar-refractivity contribution >= 4 is 34.8 Å². The smallest absolute Gasteiger partial charge is 0.129 e. The molecule has 2 aromatic rings. The highest BCUT2D eigenvalue weighted by Crippen LogP contribution is 2.31. The van der Waals surface area contributed by atoms with E-state index in [2.05, 4.69) is 0 Å². The number of benzene rings is 2. The van der Waals surface area contributed by atoms with Crippen molar-refractivity contribution in [1.82, 2.24) is 0 Å². The Morgan fingerprint density at radius 1 is 0.947 bits per heavy atom. The molecule has 5 heteroatoms. The van der Waals surface area contributed by atoms with Crippen LogP contribution in [0.2, 0.25) is 10.0 Å². The van der Waals surface area contributed by atoms with Crippen LogP contribution in [0.4, 0.5) is 8.78 Å². The van der Waals surface area contributed by atoms with Gasteiger partial charge >= 0.3 is 0 Å². The Kier molecular flexibility index (Phi) is 4.67. The highest BCUT2D eigenvalue weighted by molar-refractivity contribution is 6.42. The van der Waals surface area contributed by atoms with E-state index in [1.807, 2.05) is 0 Å². The van der Waals surface area contributed by atoms with E-state index in [1.54, 1.807) is 18.2 Å². The molecule has 0 saturated heterocycles. The lowest BCUT2D eigenvalue weighted by atomic mass is 10.0. The summed E-state index contributed by atoms with van der Waals surface area (Å²) in [5.41, 5.74) is 0.632.